The molecule has 102 valence electrons. The zero-order valence-electron chi connectivity index (χ0n) is 11.2. The molecule has 2 N–H and O–H groups in total. The summed E-state index contributed by atoms with van der Waals surface area (Å²) in [7, 11) is 0. The van der Waals surface area contributed by atoms with Gasteiger partial charge in [0, 0.05) is 18.8 Å². The summed E-state index contributed by atoms with van der Waals surface area (Å²) < 4.78 is 0. The predicted octanol–water partition coefficient (Wildman–Crippen LogP) is 2.46. The number of carbonyl (C=O) groups excluding carboxylic acids is 1. The van der Waals surface area contributed by atoms with Crippen molar-refractivity contribution in [3.8, 4) is 0 Å². The van der Waals surface area contributed by atoms with Crippen molar-refractivity contribution in [2.75, 3.05) is 12.3 Å². The molecule has 3 rings (SSSR count). The van der Waals surface area contributed by atoms with Gasteiger partial charge in [0.2, 0.25) is 0 Å². The zero-order valence-corrected chi connectivity index (χ0v) is 11.2. The number of piperidine rings is 1. The number of aromatic nitrogens is 1. The van der Waals surface area contributed by atoms with Gasteiger partial charge in [0.15, 0.2) is 5.69 Å². The standard InChI is InChI=1S/C15H21N3O/c16-12-7-3-9-17-14(12)15(19)18-10-4-6-11-5-1-2-8-13(11)18/h3,7,9,11,13H,1-2,4-6,8,10,16H2. The van der Waals surface area contributed by atoms with Crippen molar-refractivity contribution in [1.29, 1.82) is 0 Å². The van der Waals surface area contributed by atoms with Gasteiger partial charge in [-0.05, 0) is 43.7 Å². The molecule has 1 aliphatic heterocycles. The molecule has 4 nitrogen and oxygen atoms in total. The Morgan fingerprint density at radius 1 is 1.26 bits per heavy atom. The van der Waals surface area contributed by atoms with Crippen molar-refractivity contribution in [2.45, 2.75) is 44.6 Å². The lowest BCUT2D eigenvalue weighted by atomic mass is 9.78. The molecular formula is C15H21N3O. The van der Waals surface area contributed by atoms with Crippen LogP contribution in [0.3, 0.4) is 0 Å². The van der Waals surface area contributed by atoms with Crippen LogP contribution in [-0.4, -0.2) is 28.4 Å². The molecule has 2 aliphatic rings. The van der Waals surface area contributed by atoms with Crippen molar-refractivity contribution in [3.05, 3.63) is 24.0 Å². The van der Waals surface area contributed by atoms with Crippen LogP contribution in [0.15, 0.2) is 18.3 Å². The summed E-state index contributed by atoms with van der Waals surface area (Å²) in [6.45, 7) is 0.857. The summed E-state index contributed by atoms with van der Waals surface area (Å²) in [6.07, 6.45) is 8.99. The molecule has 1 aliphatic carbocycles. The summed E-state index contributed by atoms with van der Waals surface area (Å²) in [5, 5.41) is 0. The first-order valence-electron chi connectivity index (χ1n) is 7.29. The molecule has 1 saturated carbocycles. The number of fused-ring (bicyclic) bond motifs is 1. The minimum Gasteiger partial charge on any atom is -0.397 e. The van der Waals surface area contributed by atoms with Crippen LogP contribution in [0.4, 0.5) is 5.69 Å². The van der Waals surface area contributed by atoms with E-state index in [4.69, 9.17) is 5.73 Å². The van der Waals surface area contributed by atoms with Crippen LogP contribution in [-0.2, 0) is 0 Å². The molecule has 2 atom stereocenters. The lowest BCUT2D eigenvalue weighted by Crippen LogP contribution is -2.50. The van der Waals surface area contributed by atoms with Crippen molar-refractivity contribution < 1.29 is 4.79 Å². The van der Waals surface area contributed by atoms with Crippen molar-refractivity contribution >= 4 is 11.6 Å². The van der Waals surface area contributed by atoms with E-state index >= 15 is 0 Å². The van der Waals surface area contributed by atoms with Crippen molar-refractivity contribution in [1.82, 2.24) is 9.88 Å². The summed E-state index contributed by atoms with van der Waals surface area (Å²) in [5.41, 5.74) is 6.80. The number of nitrogen functional groups attached to an aromatic ring is 1. The second-order valence-electron chi connectivity index (χ2n) is 5.69. The second-order valence-corrected chi connectivity index (χ2v) is 5.69. The summed E-state index contributed by atoms with van der Waals surface area (Å²) in [5.74, 6) is 0.714. The predicted molar refractivity (Wildman–Crippen MR) is 74.7 cm³/mol. The van der Waals surface area contributed by atoms with Gasteiger partial charge in [-0.3, -0.25) is 4.79 Å². The molecule has 0 spiro atoms. The highest BCUT2D eigenvalue weighted by Crippen LogP contribution is 2.36. The molecule has 1 aromatic rings. The maximum Gasteiger partial charge on any atom is 0.274 e. The number of amides is 1. The number of nitrogens with zero attached hydrogens (tertiary/aromatic N) is 2. The largest absolute Gasteiger partial charge is 0.397 e. The van der Waals surface area contributed by atoms with Gasteiger partial charge in [0.1, 0.15) is 0 Å². The molecule has 0 bridgehead atoms. The van der Waals surface area contributed by atoms with E-state index in [2.05, 4.69) is 4.98 Å². The Balaban J connectivity index is 1.84. The fourth-order valence-electron chi connectivity index (χ4n) is 3.61. The average Bonchev–Trinajstić information content (AvgIpc) is 2.46. The van der Waals surface area contributed by atoms with Crippen molar-refractivity contribution in [2.24, 2.45) is 5.92 Å². The van der Waals surface area contributed by atoms with E-state index in [1.165, 1.54) is 25.7 Å². The van der Waals surface area contributed by atoms with E-state index in [1.807, 2.05) is 4.90 Å². The average molecular weight is 259 g/mol. The highest BCUT2D eigenvalue weighted by Gasteiger charge is 2.36. The van der Waals surface area contributed by atoms with E-state index in [0.29, 0.717) is 23.3 Å². The Bertz CT molecular complexity index is 472. The summed E-state index contributed by atoms with van der Waals surface area (Å²) in [4.78, 5) is 18.9. The maximum absolute atomic E-state index is 12.7. The normalized spacial score (nSPS) is 26.8. The number of nitrogens with two attached hydrogens (primary N) is 1. The first-order chi connectivity index (χ1) is 9.27. The number of anilines is 1. The van der Waals surface area contributed by atoms with Gasteiger partial charge >= 0.3 is 0 Å². The Hall–Kier alpha value is -1.58. The van der Waals surface area contributed by atoms with Crippen LogP contribution >= 0.6 is 0 Å². The zero-order chi connectivity index (χ0) is 13.2. The van der Waals surface area contributed by atoms with Crippen LogP contribution in [0, 0.1) is 5.92 Å². The number of likely N-dealkylation sites (tertiary alicyclic amines) is 1. The maximum atomic E-state index is 12.7. The molecule has 19 heavy (non-hydrogen) atoms. The Morgan fingerprint density at radius 2 is 2.05 bits per heavy atom. The Kier molecular flexibility index (Phi) is 3.40. The van der Waals surface area contributed by atoms with Gasteiger partial charge in [-0.15, -0.1) is 0 Å². The number of rotatable bonds is 1. The van der Waals surface area contributed by atoms with E-state index in [1.54, 1.807) is 18.3 Å². The molecule has 0 radical (unpaired) electrons. The van der Waals surface area contributed by atoms with Crippen LogP contribution < -0.4 is 5.73 Å². The summed E-state index contributed by atoms with van der Waals surface area (Å²) >= 11 is 0. The van der Waals surface area contributed by atoms with Gasteiger partial charge < -0.3 is 10.6 Å². The van der Waals surface area contributed by atoms with Gasteiger partial charge in [-0.1, -0.05) is 12.8 Å². The van der Waals surface area contributed by atoms with E-state index < -0.39 is 0 Å². The van der Waals surface area contributed by atoms with Gasteiger partial charge in [-0.25, -0.2) is 4.98 Å². The van der Waals surface area contributed by atoms with E-state index in [-0.39, 0.29) is 5.91 Å². The molecule has 0 aromatic carbocycles. The third-order valence-corrected chi connectivity index (χ3v) is 4.55. The first kappa shape index (κ1) is 12.5. The van der Waals surface area contributed by atoms with Gasteiger partial charge in [0.25, 0.3) is 5.91 Å². The molecule has 4 heteroatoms. The van der Waals surface area contributed by atoms with Gasteiger partial charge in [-0.2, -0.15) is 0 Å². The smallest absolute Gasteiger partial charge is 0.274 e. The molecule has 1 saturated heterocycles. The molecule has 1 aromatic heterocycles. The molecular weight excluding hydrogens is 238 g/mol. The summed E-state index contributed by atoms with van der Waals surface area (Å²) in [6, 6.07) is 3.94. The number of hydrogen-bond acceptors (Lipinski definition) is 3. The lowest BCUT2D eigenvalue weighted by molar-refractivity contribution is 0.0386. The fourth-order valence-corrected chi connectivity index (χ4v) is 3.61. The van der Waals surface area contributed by atoms with E-state index in [0.717, 1.165) is 19.4 Å². The highest BCUT2D eigenvalue weighted by molar-refractivity contribution is 5.97. The van der Waals surface area contributed by atoms with Gasteiger partial charge in [0.05, 0.1) is 5.69 Å². The Morgan fingerprint density at radius 3 is 2.89 bits per heavy atom. The number of pyridine rings is 1. The third-order valence-electron chi connectivity index (χ3n) is 4.55. The van der Waals surface area contributed by atoms with Crippen LogP contribution in [0.1, 0.15) is 49.0 Å². The topological polar surface area (TPSA) is 59.2 Å². The monoisotopic (exact) mass is 259 g/mol. The minimum absolute atomic E-state index is 0.0229. The van der Waals surface area contributed by atoms with E-state index in [9.17, 15) is 4.79 Å². The van der Waals surface area contributed by atoms with Crippen molar-refractivity contribution in [3.63, 3.8) is 0 Å². The Labute approximate surface area is 114 Å². The SMILES string of the molecule is Nc1cccnc1C(=O)N1CCCC2CCCCC21. The van der Waals surface area contributed by atoms with Crippen LogP contribution in [0.5, 0.6) is 0 Å². The number of carbonyl (C=O) groups is 1. The second kappa shape index (κ2) is 5.19. The molecule has 2 fully saturated rings. The quantitative estimate of drug-likeness (QED) is 0.842. The molecule has 1 amide bonds. The fraction of sp³-hybridized carbons (Fsp3) is 0.600. The first-order valence-corrected chi connectivity index (χ1v) is 7.29. The third kappa shape index (κ3) is 2.31. The lowest BCUT2D eigenvalue weighted by Gasteiger charge is -2.44. The molecule has 2 unspecified atom stereocenters. The van der Waals surface area contributed by atoms with Crippen LogP contribution in [0.2, 0.25) is 0 Å². The van der Waals surface area contributed by atoms with Crippen LogP contribution in [0.25, 0.3) is 0 Å². The number of hydrogen-bond donors (Lipinski definition) is 1. The molecule has 2 heterocycles. The highest BCUT2D eigenvalue weighted by atomic mass is 16.2. The minimum atomic E-state index is 0.0229.